The van der Waals surface area contributed by atoms with Gasteiger partial charge in [0, 0.05) is 12.1 Å². The summed E-state index contributed by atoms with van der Waals surface area (Å²) in [5.74, 6) is -0.178. The minimum absolute atomic E-state index is 0.0302. The number of aliphatic hydroxyl groups excluding tert-OH is 1. The van der Waals surface area contributed by atoms with E-state index in [9.17, 15) is 14.7 Å². The molecule has 1 atom stereocenters. The molecule has 0 aliphatic carbocycles. The first kappa shape index (κ1) is 11.8. The van der Waals surface area contributed by atoms with E-state index in [0.29, 0.717) is 6.42 Å². The Kier molecular flexibility index (Phi) is 3.24. The molecule has 0 bridgehead atoms. The number of nitrogens with zero attached hydrogens (tertiary/aromatic N) is 1. The SMILES string of the molecule is CC(O)CC(=O)N1CC(=O)Cc2ccccc21. The number of hydrogen-bond donors (Lipinski definition) is 1. The highest BCUT2D eigenvalue weighted by molar-refractivity contribution is 6.03. The van der Waals surface area contributed by atoms with Crippen molar-refractivity contribution >= 4 is 17.4 Å². The zero-order valence-corrected chi connectivity index (χ0v) is 9.72. The van der Waals surface area contributed by atoms with Crippen molar-refractivity contribution in [1.29, 1.82) is 0 Å². The van der Waals surface area contributed by atoms with Crippen LogP contribution >= 0.6 is 0 Å². The quantitative estimate of drug-likeness (QED) is 0.826. The fourth-order valence-corrected chi connectivity index (χ4v) is 2.04. The number of carbonyl (C=O) groups excluding carboxylic acids is 2. The second kappa shape index (κ2) is 4.67. The van der Waals surface area contributed by atoms with Gasteiger partial charge in [0.15, 0.2) is 5.78 Å². The summed E-state index contributed by atoms with van der Waals surface area (Å²) in [5.41, 5.74) is 1.67. The first-order valence-electron chi connectivity index (χ1n) is 5.66. The van der Waals surface area contributed by atoms with Gasteiger partial charge in [-0.2, -0.15) is 0 Å². The Morgan fingerprint density at radius 3 is 2.88 bits per heavy atom. The van der Waals surface area contributed by atoms with Crippen LogP contribution in [0.1, 0.15) is 18.9 Å². The van der Waals surface area contributed by atoms with Crippen LogP contribution < -0.4 is 4.90 Å². The van der Waals surface area contributed by atoms with Gasteiger partial charge in [-0.25, -0.2) is 0 Å². The molecule has 0 saturated heterocycles. The molecule has 1 unspecified atom stereocenters. The fourth-order valence-electron chi connectivity index (χ4n) is 2.04. The van der Waals surface area contributed by atoms with Gasteiger partial charge in [0.05, 0.1) is 19.1 Å². The smallest absolute Gasteiger partial charge is 0.229 e. The van der Waals surface area contributed by atoms with E-state index in [1.165, 1.54) is 4.90 Å². The standard InChI is InChI=1S/C13H15NO3/c1-9(15)6-13(17)14-8-11(16)7-10-4-2-3-5-12(10)14/h2-5,9,15H,6-8H2,1H3. The van der Waals surface area contributed by atoms with Crippen molar-refractivity contribution in [2.75, 3.05) is 11.4 Å². The van der Waals surface area contributed by atoms with Crippen LogP contribution in [-0.4, -0.2) is 29.4 Å². The molecule has 1 aliphatic rings. The molecule has 17 heavy (non-hydrogen) atoms. The maximum Gasteiger partial charge on any atom is 0.229 e. The highest BCUT2D eigenvalue weighted by atomic mass is 16.3. The Morgan fingerprint density at radius 2 is 2.18 bits per heavy atom. The number of ketones is 1. The molecular formula is C13H15NO3. The van der Waals surface area contributed by atoms with E-state index in [1.54, 1.807) is 6.92 Å². The van der Waals surface area contributed by atoms with E-state index >= 15 is 0 Å². The maximum atomic E-state index is 11.9. The lowest BCUT2D eigenvalue weighted by atomic mass is 10.0. The van der Waals surface area contributed by atoms with Gasteiger partial charge in [-0.15, -0.1) is 0 Å². The van der Waals surface area contributed by atoms with Gasteiger partial charge in [-0.3, -0.25) is 9.59 Å². The van der Waals surface area contributed by atoms with Gasteiger partial charge in [-0.05, 0) is 18.6 Å². The second-order valence-corrected chi connectivity index (χ2v) is 4.38. The van der Waals surface area contributed by atoms with E-state index in [1.807, 2.05) is 24.3 Å². The Hall–Kier alpha value is -1.68. The normalized spacial score (nSPS) is 16.6. The molecule has 0 saturated carbocycles. The average molecular weight is 233 g/mol. The summed E-state index contributed by atoms with van der Waals surface area (Å²) >= 11 is 0. The number of para-hydroxylation sites is 1. The van der Waals surface area contributed by atoms with E-state index in [2.05, 4.69) is 0 Å². The molecule has 0 spiro atoms. The third-order valence-electron chi connectivity index (χ3n) is 2.78. The number of aliphatic hydroxyl groups is 1. The highest BCUT2D eigenvalue weighted by Crippen LogP contribution is 2.26. The van der Waals surface area contributed by atoms with Crippen LogP contribution in [0.25, 0.3) is 0 Å². The number of carbonyl (C=O) groups is 2. The lowest BCUT2D eigenvalue weighted by Crippen LogP contribution is -2.41. The molecule has 0 aromatic heterocycles. The van der Waals surface area contributed by atoms with Gasteiger partial charge < -0.3 is 10.0 Å². The predicted molar refractivity (Wildman–Crippen MR) is 63.8 cm³/mol. The van der Waals surface area contributed by atoms with Crippen LogP contribution in [0, 0.1) is 0 Å². The first-order valence-corrected chi connectivity index (χ1v) is 5.66. The van der Waals surface area contributed by atoms with Crippen molar-refractivity contribution in [3.8, 4) is 0 Å². The fraction of sp³-hybridized carbons (Fsp3) is 0.385. The Morgan fingerprint density at radius 1 is 1.47 bits per heavy atom. The molecule has 1 N–H and O–H groups in total. The van der Waals surface area contributed by atoms with E-state index in [0.717, 1.165) is 11.3 Å². The van der Waals surface area contributed by atoms with Crippen molar-refractivity contribution in [3.05, 3.63) is 29.8 Å². The molecule has 0 fully saturated rings. The Labute approximate surface area is 99.9 Å². The topological polar surface area (TPSA) is 57.6 Å². The molecule has 2 rings (SSSR count). The molecular weight excluding hydrogens is 218 g/mol. The summed E-state index contributed by atoms with van der Waals surface area (Å²) in [4.78, 5) is 25.0. The van der Waals surface area contributed by atoms with Gasteiger partial charge in [0.1, 0.15) is 0 Å². The van der Waals surface area contributed by atoms with Crippen LogP contribution in [0.4, 0.5) is 5.69 Å². The molecule has 1 aromatic carbocycles. The summed E-state index contributed by atoms with van der Waals surface area (Å²) < 4.78 is 0. The molecule has 0 radical (unpaired) electrons. The van der Waals surface area contributed by atoms with Crippen LogP contribution in [0.5, 0.6) is 0 Å². The third-order valence-corrected chi connectivity index (χ3v) is 2.78. The van der Waals surface area contributed by atoms with Crippen LogP contribution in [0.3, 0.4) is 0 Å². The van der Waals surface area contributed by atoms with Crippen LogP contribution in [-0.2, 0) is 16.0 Å². The second-order valence-electron chi connectivity index (χ2n) is 4.38. The lowest BCUT2D eigenvalue weighted by Gasteiger charge is -2.29. The minimum Gasteiger partial charge on any atom is -0.393 e. The summed E-state index contributed by atoms with van der Waals surface area (Å²) in [5, 5.41) is 9.23. The van der Waals surface area contributed by atoms with Gasteiger partial charge in [-0.1, -0.05) is 18.2 Å². The highest BCUT2D eigenvalue weighted by Gasteiger charge is 2.26. The number of fused-ring (bicyclic) bond motifs is 1. The molecule has 90 valence electrons. The number of rotatable bonds is 2. The van der Waals surface area contributed by atoms with Crippen molar-refractivity contribution in [1.82, 2.24) is 0 Å². The lowest BCUT2D eigenvalue weighted by molar-refractivity contribution is -0.124. The van der Waals surface area contributed by atoms with Crippen molar-refractivity contribution in [2.24, 2.45) is 0 Å². The zero-order valence-electron chi connectivity index (χ0n) is 9.72. The zero-order chi connectivity index (χ0) is 12.4. The Bertz CT molecular complexity index is 454. The number of hydrogen-bond acceptors (Lipinski definition) is 3. The third kappa shape index (κ3) is 2.53. The predicted octanol–water partition coefficient (Wildman–Crippen LogP) is 0.916. The number of amides is 1. The van der Waals surface area contributed by atoms with Gasteiger partial charge in [0.2, 0.25) is 5.91 Å². The van der Waals surface area contributed by atoms with Crippen molar-refractivity contribution in [2.45, 2.75) is 25.9 Å². The molecule has 4 nitrogen and oxygen atoms in total. The summed E-state index contributed by atoms with van der Waals surface area (Å²) in [6.45, 7) is 1.68. The largest absolute Gasteiger partial charge is 0.393 e. The molecule has 1 heterocycles. The molecule has 1 amide bonds. The number of Topliss-reactive ketones (excluding diaryl/α,β-unsaturated/α-hetero) is 1. The van der Waals surface area contributed by atoms with E-state index in [-0.39, 0.29) is 24.7 Å². The van der Waals surface area contributed by atoms with Gasteiger partial charge >= 0.3 is 0 Å². The average Bonchev–Trinajstić information content (AvgIpc) is 2.26. The summed E-state index contributed by atoms with van der Waals surface area (Å²) in [7, 11) is 0. The summed E-state index contributed by atoms with van der Waals surface area (Å²) in [6.07, 6.45) is -0.261. The number of benzene rings is 1. The first-order chi connectivity index (χ1) is 8.08. The minimum atomic E-state index is -0.688. The molecule has 1 aliphatic heterocycles. The Balaban J connectivity index is 2.29. The van der Waals surface area contributed by atoms with Crippen molar-refractivity contribution < 1.29 is 14.7 Å². The van der Waals surface area contributed by atoms with Crippen LogP contribution in [0.15, 0.2) is 24.3 Å². The number of anilines is 1. The molecule has 1 aromatic rings. The molecule has 4 heteroatoms. The van der Waals surface area contributed by atoms with Gasteiger partial charge in [0.25, 0.3) is 0 Å². The van der Waals surface area contributed by atoms with Crippen molar-refractivity contribution in [3.63, 3.8) is 0 Å². The van der Waals surface area contributed by atoms with E-state index in [4.69, 9.17) is 0 Å². The summed E-state index contributed by atoms with van der Waals surface area (Å²) in [6, 6.07) is 7.39. The monoisotopic (exact) mass is 233 g/mol. The maximum absolute atomic E-state index is 11.9. The van der Waals surface area contributed by atoms with Crippen LogP contribution in [0.2, 0.25) is 0 Å². The van der Waals surface area contributed by atoms with E-state index < -0.39 is 6.10 Å².